The Hall–Kier alpha value is 23.7. The van der Waals surface area contributed by atoms with Crippen molar-refractivity contribution in [2.45, 2.75) is 80.4 Å². The van der Waals surface area contributed by atoms with Crippen LogP contribution in [0, 0.1) is 0 Å². The molecule has 0 atom stereocenters. The molecule has 0 bridgehead atoms. The lowest BCUT2D eigenvalue weighted by Crippen LogP contribution is -2.04. The van der Waals surface area contributed by atoms with Crippen LogP contribution in [0.1, 0.15) is 63.8 Å². The van der Waals surface area contributed by atoms with Crippen molar-refractivity contribution in [2.75, 3.05) is 13.2 Å². The van der Waals surface area contributed by atoms with E-state index in [-0.39, 0.29) is 18.0 Å². The normalized spacial score (nSPS) is 8.67. The number of aliphatic hydroxyl groups is 2. The molecule has 0 unspecified atom stereocenters. The molecule has 1 heterocycles. The molecule has 882 valence electrons. The van der Waals surface area contributed by atoms with E-state index in [4.69, 9.17) is 55.0 Å². The maximum absolute atomic E-state index is 9.03. The van der Waals surface area contributed by atoms with Crippen molar-refractivity contribution in [3.05, 3.63) is 95.2 Å². The minimum atomic E-state index is 0.194. The molecule has 1 aromatic heterocycles. The number of nitrogens with zero attached hydrogens (tertiary/aromatic N) is 1. The molecule has 0 aliphatic heterocycles. The van der Waals surface area contributed by atoms with Crippen molar-refractivity contribution in [3.63, 3.8) is 0 Å². The fourth-order valence-electron chi connectivity index (χ4n) is 4.11. The van der Waals surface area contributed by atoms with Gasteiger partial charge in [0.2, 0.25) is 0 Å². The number of hydrogen-bond donors (Lipinski definition) is 3. The van der Waals surface area contributed by atoms with Gasteiger partial charge < -0.3 is 10.2 Å². The molecule has 119 heteroatoms. The molecule has 3 nitrogen and oxygen atoms in total. The second-order valence-corrected chi connectivity index (χ2v) is 214. The largest absolute Gasteiger partial charge is 0.396 e. The van der Waals surface area contributed by atoms with Gasteiger partial charge in [-0.15, -0.1) is 0 Å². The van der Waals surface area contributed by atoms with E-state index in [0.29, 0.717) is 4.75 Å². The van der Waals surface area contributed by atoms with E-state index >= 15 is 0 Å². The summed E-state index contributed by atoms with van der Waals surface area (Å²) in [5.41, 5.74) is 5.14. The van der Waals surface area contributed by atoms with Gasteiger partial charge in [-0.2, -0.15) is 12.6 Å². The standard InChI is InChI=1S/C14H15NOS2.C13H20OS2.C4H10S.S56.S55/c16-10-8-12-5-1-2-6-13(12)11-17-18-14-7-3-4-9-15-14;1-13(2,3)16-15-10-12-7-5-4-6-11(12)8-9-14;1-4(2,3)5;1-3-5-7-9-11-13-15-17-19-21-23-25-27-29-31-33-35-37-39-41-43-45-47-49-51-53-55-56-54-52-50-48-46-44-42-40-38-36-34-32-30-28-26-24-22-20-18-16-14-12-10-8-6-4-2;1-3-5-7-9-11-13-15-17-19-21-23-25-27-29-31-33-35-37-39-41-43-45-47-49-51-53-55-54-52-50-48-46-44-42-40-38-36-34-32-30-28-26-24-22-20-18-16-14-12-10-8-6-4-2/h1-7,9,16H,8,10-11H2;4-7,14H,8-10H2,1-3H3;5H,1-3H3;;. The van der Waals surface area contributed by atoms with Gasteiger partial charge in [-0.3, -0.25) is 0 Å². The van der Waals surface area contributed by atoms with Crippen LogP contribution in [0.3, 0.4) is 0 Å². The third-order valence-electron chi connectivity index (χ3n) is 7.44. The molecule has 0 radical (unpaired) electrons. The minimum Gasteiger partial charge on any atom is -0.396 e. The molecule has 0 aliphatic carbocycles. The van der Waals surface area contributed by atoms with Crippen molar-refractivity contribution in [1.82, 2.24) is 4.98 Å². The molecule has 0 spiro atoms. The predicted octanol–water partition coefficient (Wildman–Crippen LogP) is 8.91. The third-order valence-corrected chi connectivity index (χ3v) is 246. The van der Waals surface area contributed by atoms with Crippen LogP contribution in [0.15, 0.2) is 78.0 Å². The van der Waals surface area contributed by atoms with E-state index in [9.17, 15) is 0 Å². The molecular formula is C31H45NO2S116. The van der Waals surface area contributed by atoms with E-state index in [1.165, 1.54) is 57.8 Å². The Balaban J connectivity index is 0. The summed E-state index contributed by atoms with van der Waals surface area (Å²) in [6.45, 7) is 13.3. The van der Waals surface area contributed by atoms with Crippen LogP contribution in [0.2, 0.25) is 0 Å². The molecule has 0 aliphatic rings. The van der Waals surface area contributed by atoms with Crippen molar-refractivity contribution in [2.24, 2.45) is 0 Å². The maximum Gasteiger partial charge on any atom is 0.106 e. The van der Waals surface area contributed by atoms with E-state index in [2.05, 4.69) is 89.5 Å². The molecule has 150 heavy (non-hydrogen) atoms. The van der Waals surface area contributed by atoms with Gasteiger partial charge in [0.25, 0.3) is 0 Å². The number of hydrogen-bond acceptors (Lipinski definition) is 12. The van der Waals surface area contributed by atoms with Crippen LogP contribution in [-0.4, -0.2) is 37.9 Å². The van der Waals surface area contributed by atoms with Gasteiger partial charge in [-0.1, -0.05) is 129 Å². The van der Waals surface area contributed by atoms with Crippen molar-refractivity contribution in [1.29, 1.82) is 0 Å². The van der Waals surface area contributed by atoms with Gasteiger partial charge in [0, 0.05) is 1040 Å². The molecule has 2 N–H and O–H groups in total. The molecule has 0 saturated heterocycles. The summed E-state index contributed by atoms with van der Waals surface area (Å²) in [7, 11) is 199. The zero-order chi connectivity index (χ0) is 109. The highest BCUT2D eigenvalue weighted by atomic mass is 33.6. The first-order chi connectivity index (χ1) is 73.8. The van der Waals surface area contributed by atoms with Crippen LogP contribution < -0.4 is 0 Å². The van der Waals surface area contributed by atoms with E-state index < -0.39 is 0 Å². The number of aromatic nitrogens is 1. The average Bonchev–Trinajstić information content (AvgIpc) is 0.891. The minimum absolute atomic E-state index is 0.194. The summed E-state index contributed by atoms with van der Waals surface area (Å²) >= 11 is 23.4. The van der Waals surface area contributed by atoms with Gasteiger partial charge in [-0.05, 0) is 58.0 Å². The SMILES string of the molecule is CC(C)(C)S.CC(C)(C)SSCc1ccccc1CCO.OCCc1ccccc1CSSc1ccccn1.S=S=S=S=S=S=S=S=S=S=S=S=S=S=S=S=S=S=S=S=S=S=S=S=S=S=S=S=S=S=S=S=S=S=S=S=S=S=S=S=S=S=S=S=S=S=S=S=S=S=S=S=S=S=S.S=S=S=S=S=S=S=S=S=S=S=S=S=S=S=S=S=S=S=S=S=S=S=S=S=S=S=S=S=S=S=S=S=S=S=S=S=S=S=S=S=S=S=S=S=S=S=S=S=S=S=S=S=S=S=S. The molecular weight excluding hydrogens is 4140 g/mol. The maximum atomic E-state index is 9.03. The lowest BCUT2D eigenvalue weighted by Gasteiger charge is -2.16. The van der Waals surface area contributed by atoms with Crippen LogP contribution in [0.4, 0.5) is 0 Å². The smallest absolute Gasteiger partial charge is 0.106 e. The van der Waals surface area contributed by atoms with Crippen molar-refractivity contribution >= 4 is 1050 Å². The molecule has 0 fully saturated rings. The first-order valence-electron chi connectivity index (χ1n) is 31.2. The number of benzene rings is 2. The van der Waals surface area contributed by atoms with Gasteiger partial charge >= 0.3 is 0 Å². The van der Waals surface area contributed by atoms with Crippen molar-refractivity contribution < 1.29 is 10.2 Å². The van der Waals surface area contributed by atoms with Gasteiger partial charge in [0.1, 0.15) is 5.03 Å². The van der Waals surface area contributed by atoms with Gasteiger partial charge in [0.05, 0.1) is 0 Å². The number of rotatable bonds is 11. The molecule has 0 amide bonds. The first-order valence-corrected chi connectivity index (χ1v) is 182. The Kier molecular flexibility index (Phi) is 183. The van der Waals surface area contributed by atoms with Crippen LogP contribution >= 0.6 is 55.8 Å². The Morgan fingerprint density at radius 1 is 0.200 bits per heavy atom. The van der Waals surface area contributed by atoms with Crippen LogP contribution in [-0.2, 0) is 1020 Å². The topological polar surface area (TPSA) is 53.4 Å². The predicted molar refractivity (Wildman–Crippen MR) is 1000 cm³/mol. The number of pyridine rings is 1. The summed E-state index contributed by atoms with van der Waals surface area (Å²) in [5, 5.41) is 19.0. The Morgan fingerprint density at radius 2 is 0.333 bits per heavy atom. The molecule has 3 rings (SSSR count). The number of aliphatic hydroxyl groups excluding tert-OH is 2. The second kappa shape index (κ2) is 156. The molecule has 0 saturated carbocycles. The summed E-state index contributed by atoms with van der Waals surface area (Å²) in [5.74, 6) is 1.94. The number of thiol groups is 1. The van der Waals surface area contributed by atoms with Gasteiger partial charge in [0.15, 0.2) is 0 Å². The van der Waals surface area contributed by atoms with Crippen LogP contribution in [0.25, 0.3) is 0 Å². The summed E-state index contributed by atoms with van der Waals surface area (Å²) in [4.78, 5) is 4.27. The lowest BCUT2D eigenvalue weighted by molar-refractivity contribution is 0.299. The Morgan fingerprint density at radius 3 is 0.460 bits per heavy atom. The zero-order valence-electron chi connectivity index (χ0n) is 69.4. The highest BCUT2D eigenvalue weighted by Crippen LogP contribution is 2.37. The average molecular weight is 4180 g/mol. The Labute approximate surface area is 1220 Å². The molecule has 2 aromatic carbocycles. The fourth-order valence-corrected chi connectivity index (χ4v) is 291. The summed E-state index contributed by atoms with van der Waals surface area (Å²) < 4.78 is 0.497. The van der Waals surface area contributed by atoms with E-state index in [1.807, 2.05) is 766 Å². The molecule has 3 aromatic rings. The van der Waals surface area contributed by atoms with Crippen LogP contribution in [0.5, 0.6) is 0 Å². The third kappa shape index (κ3) is 158. The van der Waals surface area contributed by atoms with E-state index in [1.54, 1.807) is 235 Å². The Bertz CT molecular complexity index is 10200. The van der Waals surface area contributed by atoms with Gasteiger partial charge in [-0.25, -0.2) is 4.98 Å². The van der Waals surface area contributed by atoms with Crippen molar-refractivity contribution in [3.8, 4) is 0 Å². The second-order valence-electron chi connectivity index (χ2n) is 17.9. The summed E-state index contributed by atoms with van der Waals surface area (Å²) in [6.07, 6.45) is 3.30. The highest BCUT2D eigenvalue weighted by molar-refractivity contribution is 8.88. The first kappa shape index (κ1) is 176. The van der Waals surface area contributed by atoms with E-state index in [0.717, 1.165) is 29.4 Å². The summed E-state index contributed by atoms with van der Waals surface area (Å²) in [6, 6.07) is 22.6. The fraction of sp³-hybridized carbons (Fsp3) is 0.452. The quantitative estimate of drug-likeness (QED) is 0.128. The monoisotopic (exact) mass is 4170 g/mol. The highest BCUT2D eigenvalue weighted by Gasteiger charge is 2.12. The lowest BCUT2D eigenvalue weighted by atomic mass is 10.1. The zero-order valence-corrected chi connectivity index (χ0v) is 164.